The van der Waals surface area contributed by atoms with Gasteiger partial charge < -0.3 is 5.32 Å². The van der Waals surface area contributed by atoms with Crippen molar-refractivity contribution in [1.82, 2.24) is 10.3 Å². The summed E-state index contributed by atoms with van der Waals surface area (Å²) in [5.41, 5.74) is 0.508. The van der Waals surface area contributed by atoms with Crippen LogP contribution in [0.25, 0.3) is 0 Å². The number of hydrogen-bond donors (Lipinski definition) is 1. The molecule has 1 N–H and O–H groups in total. The Morgan fingerprint density at radius 1 is 1.50 bits per heavy atom. The van der Waals surface area contributed by atoms with Gasteiger partial charge in [-0.3, -0.25) is 9.78 Å². The molecule has 0 bridgehead atoms. The van der Waals surface area contributed by atoms with Crippen LogP contribution >= 0.6 is 15.9 Å². The van der Waals surface area contributed by atoms with E-state index in [-0.39, 0.29) is 11.4 Å². The van der Waals surface area contributed by atoms with E-state index in [1.165, 1.54) is 0 Å². The fraction of sp³-hybridized carbons (Fsp3) is 0.500. The molecular weight excluding hydrogens is 268 g/mol. The van der Waals surface area contributed by atoms with Crippen LogP contribution in [0.5, 0.6) is 0 Å². The smallest absolute Gasteiger partial charge is 0.251 e. The molecule has 0 saturated heterocycles. The van der Waals surface area contributed by atoms with E-state index in [0.717, 1.165) is 18.2 Å². The van der Waals surface area contributed by atoms with Gasteiger partial charge in [-0.2, -0.15) is 0 Å². The van der Waals surface area contributed by atoms with E-state index in [2.05, 4.69) is 40.1 Å². The summed E-state index contributed by atoms with van der Waals surface area (Å²) in [6.07, 6.45) is 5.08. The molecule has 0 saturated carbocycles. The number of alkyl halides is 1. The third-order valence-electron chi connectivity index (χ3n) is 2.78. The van der Waals surface area contributed by atoms with Crippen LogP contribution in [-0.2, 0) is 0 Å². The third-order valence-corrected chi connectivity index (χ3v) is 3.18. The Bertz CT molecular complexity index is 342. The topological polar surface area (TPSA) is 42.0 Å². The van der Waals surface area contributed by atoms with Crippen molar-refractivity contribution in [2.45, 2.75) is 32.2 Å². The van der Waals surface area contributed by atoms with E-state index in [1.807, 2.05) is 0 Å². The van der Waals surface area contributed by atoms with Crippen LogP contribution < -0.4 is 5.32 Å². The molecule has 3 nitrogen and oxygen atoms in total. The maximum Gasteiger partial charge on any atom is 0.251 e. The number of nitrogens with zero attached hydrogens (tertiary/aromatic N) is 1. The maximum atomic E-state index is 11.9. The van der Waals surface area contributed by atoms with Crippen molar-refractivity contribution in [3.63, 3.8) is 0 Å². The van der Waals surface area contributed by atoms with Crippen LogP contribution in [0, 0.1) is 0 Å². The Morgan fingerprint density at radius 2 is 2.12 bits per heavy atom. The van der Waals surface area contributed by atoms with Gasteiger partial charge in [0.25, 0.3) is 5.91 Å². The molecule has 1 heterocycles. The first kappa shape index (κ1) is 13.2. The quantitative estimate of drug-likeness (QED) is 0.845. The molecule has 1 aromatic heterocycles. The third kappa shape index (κ3) is 3.59. The minimum atomic E-state index is -0.149. The maximum absolute atomic E-state index is 11.9. The molecule has 1 rings (SSSR count). The molecule has 16 heavy (non-hydrogen) atoms. The molecule has 0 aliphatic heterocycles. The zero-order valence-corrected chi connectivity index (χ0v) is 11.3. The average Bonchev–Trinajstić information content (AvgIpc) is 2.30. The predicted molar refractivity (Wildman–Crippen MR) is 68.8 cm³/mol. The van der Waals surface area contributed by atoms with Crippen LogP contribution in [0.15, 0.2) is 24.5 Å². The lowest BCUT2D eigenvalue weighted by Crippen LogP contribution is -2.45. The van der Waals surface area contributed by atoms with Crippen LogP contribution in [-0.4, -0.2) is 21.8 Å². The van der Waals surface area contributed by atoms with Crippen LogP contribution in [0.3, 0.4) is 0 Å². The molecule has 1 amide bonds. The number of rotatable bonds is 5. The fourth-order valence-corrected chi connectivity index (χ4v) is 2.26. The van der Waals surface area contributed by atoms with Crippen molar-refractivity contribution in [1.29, 1.82) is 0 Å². The predicted octanol–water partition coefficient (Wildman–Crippen LogP) is 2.77. The van der Waals surface area contributed by atoms with E-state index in [4.69, 9.17) is 0 Å². The summed E-state index contributed by atoms with van der Waals surface area (Å²) in [6, 6.07) is 3.44. The average molecular weight is 285 g/mol. The molecule has 0 radical (unpaired) electrons. The van der Waals surface area contributed by atoms with Gasteiger partial charge in [0.15, 0.2) is 0 Å². The Labute approximate surface area is 105 Å². The minimum Gasteiger partial charge on any atom is -0.347 e. The molecule has 1 unspecified atom stereocenters. The van der Waals surface area contributed by atoms with Gasteiger partial charge in [-0.1, -0.05) is 22.9 Å². The summed E-state index contributed by atoms with van der Waals surface area (Å²) in [5, 5.41) is 3.95. The van der Waals surface area contributed by atoms with Crippen LogP contribution in [0.4, 0.5) is 0 Å². The summed E-state index contributed by atoms with van der Waals surface area (Å²) in [5.74, 6) is -0.0345. The Balaban J connectivity index is 2.70. The number of nitrogens with one attached hydrogen (secondary N) is 1. The van der Waals surface area contributed by atoms with E-state index in [0.29, 0.717) is 5.56 Å². The highest BCUT2D eigenvalue weighted by molar-refractivity contribution is 9.09. The standard InChI is InChI=1S/C12H17BrN2O/c1-3-12(2,6-7-13)15-11(16)10-4-8-14-9-5-10/h4-5,8-9H,3,6-7H2,1-2H3,(H,15,16). The first-order valence-electron chi connectivity index (χ1n) is 5.40. The number of halogens is 1. The van der Waals surface area contributed by atoms with E-state index in [1.54, 1.807) is 24.5 Å². The summed E-state index contributed by atoms with van der Waals surface area (Å²) >= 11 is 3.41. The van der Waals surface area contributed by atoms with Crippen molar-refractivity contribution < 1.29 is 4.79 Å². The molecule has 0 spiro atoms. The number of pyridine rings is 1. The van der Waals surface area contributed by atoms with Gasteiger partial charge in [0.2, 0.25) is 0 Å². The van der Waals surface area contributed by atoms with Crippen molar-refractivity contribution in [3.8, 4) is 0 Å². The number of carbonyl (C=O) groups is 1. The zero-order chi connectivity index (χ0) is 12.0. The van der Waals surface area contributed by atoms with Crippen molar-refractivity contribution in [2.75, 3.05) is 5.33 Å². The second kappa shape index (κ2) is 5.99. The van der Waals surface area contributed by atoms with Crippen molar-refractivity contribution >= 4 is 21.8 Å². The number of carbonyl (C=O) groups excluding carboxylic acids is 1. The largest absolute Gasteiger partial charge is 0.347 e. The van der Waals surface area contributed by atoms with Gasteiger partial charge in [-0.05, 0) is 31.9 Å². The first-order valence-corrected chi connectivity index (χ1v) is 6.52. The molecule has 0 fully saturated rings. The highest BCUT2D eigenvalue weighted by atomic mass is 79.9. The summed E-state index contributed by atoms with van der Waals surface area (Å²) in [6.45, 7) is 4.14. The van der Waals surface area contributed by atoms with E-state index < -0.39 is 0 Å². The van der Waals surface area contributed by atoms with Crippen molar-refractivity contribution in [3.05, 3.63) is 30.1 Å². The Morgan fingerprint density at radius 3 is 2.62 bits per heavy atom. The monoisotopic (exact) mass is 284 g/mol. The van der Waals surface area contributed by atoms with Gasteiger partial charge in [-0.25, -0.2) is 0 Å². The molecule has 1 atom stereocenters. The number of amides is 1. The second-order valence-corrected chi connectivity index (χ2v) is 4.84. The summed E-state index contributed by atoms with van der Waals surface area (Å²) < 4.78 is 0. The fourth-order valence-electron chi connectivity index (χ4n) is 1.39. The lowest BCUT2D eigenvalue weighted by molar-refractivity contribution is 0.0901. The zero-order valence-electron chi connectivity index (χ0n) is 9.66. The Hall–Kier alpha value is -0.900. The SMILES string of the molecule is CCC(C)(CCBr)NC(=O)c1ccncc1. The highest BCUT2D eigenvalue weighted by Crippen LogP contribution is 2.16. The summed E-state index contributed by atoms with van der Waals surface area (Å²) in [4.78, 5) is 15.8. The highest BCUT2D eigenvalue weighted by Gasteiger charge is 2.23. The van der Waals surface area contributed by atoms with Gasteiger partial charge >= 0.3 is 0 Å². The molecule has 1 aromatic rings. The van der Waals surface area contributed by atoms with E-state index >= 15 is 0 Å². The van der Waals surface area contributed by atoms with E-state index in [9.17, 15) is 4.79 Å². The lowest BCUT2D eigenvalue weighted by atomic mass is 9.95. The number of aromatic nitrogens is 1. The molecule has 88 valence electrons. The van der Waals surface area contributed by atoms with Gasteiger partial charge in [-0.15, -0.1) is 0 Å². The van der Waals surface area contributed by atoms with Gasteiger partial charge in [0.05, 0.1) is 0 Å². The normalized spacial score (nSPS) is 14.2. The summed E-state index contributed by atoms with van der Waals surface area (Å²) in [7, 11) is 0. The Kier molecular flexibility index (Phi) is 4.93. The van der Waals surface area contributed by atoms with Gasteiger partial charge in [0, 0.05) is 28.8 Å². The second-order valence-electron chi connectivity index (χ2n) is 4.04. The minimum absolute atomic E-state index is 0.0345. The first-order chi connectivity index (χ1) is 7.61. The molecule has 4 heteroatoms. The van der Waals surface area contributed by atoms with Crippen molar-refractivity contribution in [2.24, 2.45) is 0 Å². The molecule has 0 aromatic carbocycles. The molecule has 0 aliphatic rings. The molecular formula is C12H17BrN2O. The van der Waals surface area contributed by atoms with Gasteiger partial charge in [0.1, 0.15) is 0 Å². The lowest BCUT2D eigenvalue weighted by Gasteiger charge is -2.29. The molecule has 0 aliphatic carbocycles. The van der Waals surface area contributed by atoms with Crippen LogP contribution in [0.2, 0.25) is 0 Å². The van der Waals surface area contributed by atoms with Crippen LogP contribution in [0.1, 0.15) is 37.0 Å². The number of hydrogen-bond acceptors (Lipinski definition) is 2.